The molecule has 0 aliphatic heterocycles. The van der Waals surface area contributed by atoms with Crippen LogP contribution in [0.1, 0.15) is 10.4 Å². The second-order valence-electron chi connectivity index (χ2n) is 3.78. The van der Waals surface area contributed by atoms with Gasteiger partial charge in [-0.05, 0) is 30.0 Å². The van der Waals surface area contributed by atoms with Crippen LogP contribution in [-0.2, 0) is 0 Å². The number of hydrogen-bond donors (Lipinski definition) is 1. The number of methoxy groups -OCH3 is 2. The van der Waals surface area contributed by atoms with E-state index in [9.17, 15) is 9.90 Å². The average Bonchev–Trinajstić information content (AvgIpc) is 2.46. The Kier molecular flexibility index (Phi) is 5.03. The van der Waals surface area contributed by atoms with Gasteiger partial charge >= 0.3 is 5.97 Å². The lowest BCUT2D eigenvalue weighted by atomic mass is 10.2. The molecule has 0 aliphatic rings. The number of rotatable bonds is 5. The summed E-state index contributed by atoms with van der Waals surface area (Å²) < 4.78 is 10.9. The van der Waals surface area contributed by atoms with Gasteiger partial charge in [0.25, 0.3) is 0 Å². The van der Waals surface area contributed by atoms with Crippen LogP contribution in [0.2, 0.25) is 0 Å². The monoisotopic (exact) mass is 370 g/mol. The molecule has 0 bridgehead atoms. The maximum Gasteiger partial charge on any atom is 0.336 e. The first-order chi connectivity index (χ1) is 10.0. The minimum Gasteiger partial charge on any atom is -0.481 e. The summed E-state index contributed by atoms with van der Waals surface area (Å²) in [5, 5.41) is 9.56. The standard InChI is InChI=1S/C13H11BrN2O4S/c1-19-10-6-11(20-2)16-13(15-10)21-9-5-7(14)3-4-8(9)12(17)18/h3-6H,1-2H3,(H,17,18). The van der Waals surface area contributed by atoms with Gasteiger partial charge in [-0.25, -0.2) is 4.79 Å². The van der Waals surface area contributed by atoms with Gasteiger partial charge in [0, 0.05) is 9.37 Å². The second-order valence-corrected chi connectivity index (χ2v) is 5.71. The fraction of sp³-hybridized carbons (Fsp3) is 0.154. The third-order valence-corrected chi connectivity index (χ3v) is 3.87. The Bertz CT molecular complexity index is 659. The van der Waals surface area contributed by atoms with E-state index in [1.165, 1.54) is 20.3 Å². The summed E-state index contributed by atoms with van der Waals surface area (Å²) >= 11 is 4.44. The van der Waals surface area contributed by atoms with Crippen molar-refractivity contribution in [2.75, 3.05) is 14.2 Å². The maximum atomic E-state index is 11.3. The molecule has 0 fully saturated rings. The Morgan fingerprint density at radius 2 is 1.81 bits per heavy atom. The third-order valence-electron chi connectivity index (χ3n) is 2.45. The zero-order chi connectivity index (χ0) is 15.4. The highest BCUT2D eigenvalue weighted by atomic mass is 79.9. The largest absolute Gasteiger partial charge is 0.481 e. The van der Waals surface area contributed by atoms with Gasteiger partial charge in [-0.15, -0.1) is 0 Å². The van der Waals surface area contributed by atoms with E-state index >= 15 is 0 Å². The molecular weight excluding hydrogens is 360 g/mol. The number of aromatic carboxylic acids is 1. The van der Waals surface area contributed by atoms with E-state index in [0.29, 0.717) is 21.8 Å². The molecule has 0 saturated heterocycles. The van der Waals surface area contributed by atoms with Crippen molar-refractivity contribution in [2.45, 2.75) is 10.1 Å². The molecule has 0 spiro atoms. The number of aromatic nitrogens is 2. The van der Waals surface area contributed by atoms with Crippen molar-refractivity contribution in [1.29, 1.82) is 0 Å². The lowest BCUT2D eigenvalue weighted by Crippen LogP contribution is -2.00. The van der Waals surface area contributed by atoms with E-state index < -0.39 is 5.97 Å². The number of ether oxygens (including phenoxy) is 2. The molecule has 21 heavy (non-hydrogen) atoms. The van der Waals surface area contributed by atoms with E-state index in [1.807, 2.05) is 0 Å². The molecule has 1 heterocycles. The van der Waals surface area contributed by atoms with Crippen molar-refractivity contribution in [3.8, 4) is 11.8 Å². The number of nitrogens with zero attached hydrogens (tertiary/aromatic N) is 2. The predicted molar refractivity (Wildman–Crippen MR) is 80.4 cm³/mol. The number of benzene rings is 1. The molecule has 1 N–H and O–H groups in total. The number of carboxylic acid groups (broad SMARTS) is 1. The average molecular weight is 371 g/mol. The minimum atomic E-state index is -1.01. The summed E-state index contributed by atoms with van der Waals surface area (Å²) in [6.07, 6.45) is 0. The summed E-state index contributed by atoms with van der Waals surface area (Å²) in [7, 11) is 2.97. The van der Waals surface area contributed by atoms with Crippen LogP contribution < -0.4 is 9.47 Å². The van der Waals surface area contributed by atoms with Crippen molar-refractivity contribution in [1.82, 2.24) is 9.97 Å². The first-order valence-electron chi connectivity index (χ1n) is 5.71. The van der Waals surface area contributed by atoms with Crippen LogP contribution in [0, 0.1) is 0 Å². The molecule has 8 heteroatoms. The van der Waals surface area contributed by atoms with Crippen LogP contribution in [0.4, 0.5) is 0 Å². The van der Waals surface area contributed by atoms with Gasteiger partial charge in [0.2, 0.25) is 11.8 Å². The molecule has 0 radical (unpaired) electrons. The molecule has 1 aromatic carbocycles. The van der Waals surface area contributed by atoms with Crippen LogP contribution >= 0.6 is 27.7 Å². The Hall–Kier alpha value is -1.80. The first-order valence-corrected chi connectivity index (χ1v) is 7.32. The smallest absolute Gasteiger partial charge is 0.336 e. The highest BCUT2D eigenvalue weighted by Gasteiger charge is 2.14. The van der Waals surface area contributed by atoms with Crippen LogP contribution in [0.25, 0.3) is 0 Å². The van der Waals surface area contributed by atoms with E-state index in [-0.39, 0.29) is 5.56 Å². The fourth-order valence-corrected chi connectivity index (χ4v) is 2.93. The Morgan fingerprint density at radius 3 is 2.33 bits per heavy atom. The molecule has 0 atom stereocenters. The van der Waals surface area contributed by atoms with Gasteiger partial charge in [-0.1, -0.05) is 15.9 Å². The van der Waals surface area contributed by atoms with Crippen LogP contribution in [0.5, 0.6) is 11.8 Å². The highest BCUT2D eigenvalue weighted by molar-refractivity contribution is 9.10. The zero-order valence-electron chi connectivity index (χ0n) is 11.2. The minimum absolute atomic E-state index is 0.175. The Balaban J connectivity index is 2.42. The molecule has 2 aromatic rings. The summed E-state index contributed by atoms with van der Waals surface area (Å²) in [5.41, 5.74) is 0.175. The fourth-order valence-electron chi connectivity index (χ4n) is 1.49. The molecule has 0 saturated carbocycles. The molecular formula is C13H11BrN2O4S. The quantitative estimate of drug-likeness (QED) is 0.809. The number of carbonyl (C=O) groups is 1. The summed E-state index contributed by atoms with van der Waals surface area (Å²) in [6.45, 7) is 0. The topological polar surface area (TPSA) is 81.5 Å². The van der Waals surface area contributed by atoms with Crippen molar-refractivity contribution in [3.05, 3.63) is 34.3 Å². The van der Waals surface area contributed by atoms with Gasteiger partial charge < -0.3 is 14.6 Å². The molecule has 110 valence electrons. The van der Waals surface area contributed by atoms with Crippen molar-refractivity contribution in [2.24, 2.45) is 0 Å². The molecule has 1 aromatic heterocycles. The lowest BCUT2D eigenvalue weighted by molar-refractivity contribution is 0.0693. The van der Waals surface area contributed by atoms with Crippen LogP contribution in [0.3, 0.4) is 0 Å². The predicted octanol–water partition coefficient (Wildman–Crippen LogP) is 3.11. The van der Waals surface area contributed by atoms with Crippen LogP contribution in [-0.4, -0.2) is 35.3 Å². The van der Waals surface area contributed by atoms with E-state index in [1.54, 1.807) is 18.2 Å². The Labute approximate surface area is 133 Å². The molecule has 0 aliphatic carbocycles. The van der Waals surface area contributed by atoms with Gasteiger partial charge in [0.05, 0.1) is 25.8 Å². The van der Waals surface area contributed by atoms with Crippen LogP contribution in [0.15, 0.2) is 38.8 Å². The molecule has 0 unspecified atom stereocenters. The summed E-state index contributed by atoms with van der Waals surface area (Å²) in [4.78, 5) is 20.1. The molecule has 0 amide bonds. The zero-order valence-corrected chi connectivity index (χ0v) is 13.6. The van der Waals surface area contributed by atoms with E-state index in [4.69, 9.17) is 9.47 Å². The first kappa shape index (κ1) is 15.6. The summed E-state index contributed by atoms with van der Waals surface area (Å²) in [5.74, 6) is -0.327. The maximum absolute atomic E-state index is 11.3. The highest BCUT2D eigenvalue weighted by Crippen LogP contribution is 2.32. The Morgan fingerprint density at radius 1 is 1.19 bits per heavy atom. The number of halogens is 1. The third kappa shape index (κ3) is 3.85. The SMILES string of the molecule is COc1cc(OC)nc(Sc2cc(Br)ccc2C(=O)O)n1. The summed E-state index contributed by atoms with van der Waals surface area (Å²) in [6, 6.07) is 6.43. The van der Waals surface area contributed by atoms with Crippen molar-refractivity contribution < 1.29 is 19.4 Å². The van der Waals surface area contributed by atoms with E-state index in [2.05, 4.69) is 25.9 Å². The lowest BCUT2D eigenvalue weighted by Gasteiger charge is -2.08. The van der Waals surface area contributed by atoms with E-state index in [0.717, 1.165) is 16.2 Å². The normalized spacial score (nSPS) is 10.2. The second kappa shape index (κ2) is 6.77. The number of hydrogen-bond acceptors (Lipinski definition) is 6. The van der Waals surface area contributed by atoms with Gasteiger partial charge in [-0.3, -0.25) is 0 Å². The van der Waals surface area contributed by atoms with Gasteiger partial charge in [0.1, 0.15) is 0 Å². The molecule has 2 rings (SSSR count). The number of carboxylic acids is 1. The van der Waals surface area contributed by atoms with Gasteiger partial charge in [-0.2, -0.15) is 9.97 Å². The molecule has 6 nitrogen and oxygen atoms in total. The van der Waals surface area contributed by atoms with Crippen molar-refractivity contribution >= 4 is 33.7 Å². The van der Waals surface area contributed by atoms with Crippen molar-refractivity contribution in [3.63, 3.8) is 0 Å². The van der Waals surface area contributed by atoms with Gasteiger partial charge in [0.15, 0.2) is 5.16 Å².